The Labute approximate surface area is 163 Å². The highest BCUT2D eigenvalue weighted by atomic mass is 16.5. The van der Waals surface area contributed by atoms with E-state index in [1.54, 1.807) is 11.1 Å². The zero-order valence-corrected chi connectivity index (χ0v) is 16.3. The first-order chi connectivity index (χ1) is 13.5. The van der Waals surface area contributed by atoms with Crippen LogP contribution in [-0.4, -0.2) is 68.5 Å². The molecular formula is C19H26N6O3. The molecule has 0 bridgehead atoms. The molecule has 2 N–H and O–H groups in total. The molecule has 2 aliphatic rings. The lowest BCUT2D eigenvalue weighted by atomic mass is 9.93. The molecule has 0 radical (unpaired) electrons. The van der Waals surface area contributed by atoms with Crippen LogP contribution in [0.2, 0.25) is 0 Å². The van der Waals surface area contributed by atoms with E-state index in [0.717, 1.165) is 35.5 Å². The van der Waals surface area contributed by atoms with Gasteiger partial charge in [0.2, 0.25) is 0 Å². The molecule has 0 aromatic carbocycles. The first kappa shape index (κ1) is 18.7. The highest BCUT2D eigenvalue weighted by molar-refractivity contribution is 6.35. The van der Waals surface area contributed by atoms with Crippen LogP contribution in [0.25, 0.3) is 0 Å². The van der Waals surface area contributed by atoms with E-state index in [1.165, 1.54) is 0 Å². The van der Waals surface area contributed by atoms with E-state index in [4.69, 9.17) is 4.74 Å². The summed E-state index contributed by atoms with van der Waals surface area (Å²) in [6, 6.07) is 1.97. The van der Waals surface area contributed by atoms with Gasteiger partial charge in [-0.25, -0.2) is 0 Å². The van der Waals surface area contributed by atoms with Gasteiger partial charge in [0.15, 0.2) is 0 Å². The van der Waals surface area contributed by atoms with Gasteiger partial charge in [0.25, 0.3) is 0 Å². The number of aryl methyl sites for hydroxylation is 3. The van der Waals surface area contributed by atoms with Crippen LogP contribution in [-0.2, 0) is 33.7 Å². The molecule has 1 aliphatic heterocycles. The van der Waals surface area contributed by atoms with E-state index < -0.39 is 11.8 Å². The summed E-state index contributed by atoms with van der Waals surface area (Å²) < 4.78 is 7.68. The number of aromatic nitrogens is 4. The minimum absolute atomic E-state index is 0.0342. The third kappa shape index (κ3) is 3.94. The van der Waals surface area contributed by atoms with E-state index in [0.29, 0.717) is 32.7 Å². The largest absolute Gasteiger partial charge is 0.373 e. The number of hydrogen-bond donors (Lipinski definition) is 2. The summed E-state index contributed by atoms with van der Waals surface area (Å²) in [5.41, 5.74) is 4.24. The summed E-state index contributed by atoms with van der Waals surface area (Å²) in [5, 5.41) is 14.4. The predicted molar refractivity (Wildman–Crippen MR) is 101 cm³/mol. The van der Waals surface area contributed by atoms with E-state index in [2.05, 4.69) is 20.6 Å². The second kappa shape index (κ2) is 7.75. The van der Waals surface area contributed by atoms with Gasteiger partial charge in [0, 0.05) is 30.5 Å². The first-order valence-electron chi connectivity index (χ1n) is 9.73. The monoisotopic (exact) mass is 386 g/mol. The van der Waals surface area contributed by atoms with Gasteiger partial charge in [-0.3, -0.25) is 19.4 Å². The Bertz CT molecular complexity index is 873. The molecule has 2 atom stereocenters. The summed E-state index contributed by atoms with van der Waals surface area (Å²) in [6.45, 7) is 5.75. The number of nitrogens with one attached hydrogen (secondary N) is 2. The standard InChI is InChI=1S/C19H26N6O3/c1-12-7-13(2)25(23-12)11-16-10-24(5-6-28-16)19(27)18(26)21-15-3-4-17-14(8-15)9-20-22-17/h7,9,15-16H,3-6,8,10-11H2,1-2H3,(H,20,22)(H,21,26). The molecule has 150 valence electrons. The van der Waals surface area contributed by atoms with Crippen LogP contribution in [0.4, 0.5) is 0 Å². The van der Waals surface area contributed by atoms with Crippen LogP contribution in [0.1, 0.15) is 29.1 Å². The fourth-order valence-electron chi connectivity index (χ4n) is 4.00. The zero-order chi connectivity index (χ0) is 19.7. The van der Waals surface area contributed by atoms with Crippen LogP contribution < -0.4 is 5.32 Å². The van der Waals surface area contributed by atoms with Crippen molar-refractivity contribution < 1.29 is 14.3 Å². The molecular weight excluding hydrogens is 360 g/mol. The number of carbonyl (C=O) groups is 2. The van der Waals surface area contributed by atoms with Crippen LogP contribution in [0.3, 0.4) is 0 Å². The van der Waals surface area contributed by atoms with Gasteiger partial charge in [0.1, 0.15) is 0 Å². The smallest absolute Gasteiger partial charge is 0.312 e. The van der Waals surface area contributed by atoms with Gasteiger partial charge in [-0.1, -0.05) is 0 Å². The number of amides is 2. The molecule has 1 saturated heterocycles. The van der Waals surface area contributed by atoms with Crippen molar-refractivity contribution in [3.8, 4) is 0 Å². The molecule has 9 nitrogen and oxygen atoms in total. The fourth-order valence-corrected chi connectivity index (χ4v) is 4.00. The number of ether oxygens (including phenoxy) is 1. The van der Waals surface area contributed by atoms with Crippen LogP contribution in [0, 0.1) is 13.8 Å². The van der Waals surface area contributed by atoms with Crippen LogP contribution >= 0.6 is 0 Å². The predicted octanol–water partition coefficient (Wildman–Crippen LogP) is 0.124. The van der Waals surface area contributed by atoms with Crippen molar-refractivity contribution in [1.29, 1.82) is 0 Å². The molecule has 2 unspecified atom stereocenters. The molecule has 2 amide bonds. The molecule has 1 fully saturated rings. The minimum atomic E-state index is -0.538. The number of aromatic amines is 1. The normalized spacial score (nSPS) is 22.0. The van der Waals surface area contributed by atoms with E-state index in [-0.39, 0.29) is 12.1 Å². The number of nitrogens with zero attached hydrogens (tertiary/aromatic N) is 4. The lowest BCUT2D eigenvalue weighted by Gasteiger charge is -2.33. The summed E-state index contributed by atoms with van der Waals surface area (Å²) in [4.78, 5) is 26.7. The molecule has 28 heavy (non-hydrogen) atoms. The molecule has 2 aromatic heterocycles. The van der Waals surface area contributed by atoms with Gasteiger partial charge in [-0.15, -0.1) is 0 Å². The van der Waals surface area contributed by atoms with Gasteiger partial charge >= 0.3 is 11.8 Å². The maximum Gasteiger partial charge on any atom is 0.312 e. The Morgan fingerprint density at radius 1 is 1.39 bits per heavy atom. The van der Waals surface area contributed by atoms with Crippen molar-refractivity contribution in [3.63, 3.8) is 0 Å². The van der Waals surface area contributed by atoms with E-state index in [1.807, 2.05) is 24.6 Å². The van der Waals surface area contributed by atoms with Gasteiger partial charge in [0.05, 0.1) is 31.1 Å². The first-order valence-corrected chi connectivity index (χ1v) is 9.73. The molecule has 2 aromatic rings. The van der Waals surface area contributed by atoms with Gasteiger partial charge < -0.3 is 15.0 Å². The summed E-state index contributed by atoms with van der Waals surface area (Å²) in [5.74, 6) is -1.02. The molecule has 4 rings (SSSR count). The lowest BCUT2D eigenvalue weighted by molar-refractivity contribution is -0.151. The Morgan fingerprint density at radius 2 is 2.25 bits per heavy atom. The molecule has 3 heterocycles. The van der Waals surface area contributed by atoms with Crippen molar-refractivity contribution in [2.45, 2.75) is 51.8 Å². The van der Waals surface area contributed by atoms with E-state index in [9.17, 15) is 9.59 Å². The highest BCUT2D eigenvalue weighted by Crippen LogP contribution is 2.19. The lowest BCUT2D eigenvalue weighted by Crippen LogP contribution is -2.53. The van der Waals surface area contributed by atoms with Crippen molar-refractivity contribution in [2.75, 3.05) is 19.7 Å². The Hall–Kier alpha value is -2.68. The average molecular weight is 386 g/mol. The average Bonchev–Trinajstić information content (AvgIpc) is 3.26. The number of rotatable bonds is 3. The number of fused-ring (bicyclic) bond motifs is 1. The molecule has 0 saturated carbocycles. The van der Waals surface area contributed by atoms with Gasteiger partial charge in [-0.05, 0) is 44.7 Å². The number of carbonyl (C=O) groups excluding carboxylic acids is 2. The topological polar surface area (TPSA) is 105 Å². The van der Waals surface area contributed by atoms with Crippen molar-refractivity contribution in [3.05, 3.63) is 34.9 Å². The second-order valence-corrected chi connectivity index (χ2v) is 7.64. The number of H-pyrrole nitrogens is 1. The Morgan fingerprint density at radius 3 is 3.04 bits per heavy atom. The SMILES string of the molecule is Cc1cc(C)n(CC2CN(C(=O)C(=O)NC3CCc4[nH]ncc4C3)CCO2)n1. The minimum Gasteiger partial charge on any atom is -0.373 e. The van der Waals surface area contributed by atoms with Crippen molar-refractivity contribution in [1.82, 2.24) is 30.2 Å². The third-order valence-electron chi connectivity index (χ3n) is 5.45. The Balaban J connectivity index is 1.32. The van der Waals surface area contributed by atoms with Crippen LogP contribution in [0.5, 0.6) is 0 Å². The van der Waals surface area contributed by atoms with Gasteiger partial charge in [-0.2, -0.15) is 10.2 Å². The second-order valence-electron chi connectivity index (χ2n) is 7.64. The van der Waals surface area contributed by atoms with Crippen molar-refractivity contribution in [2.24, 2.45) is 0 Å². The maximum absolute atomic E-state index is 12.7. The molecule has 0 spiro atoms. The summed E-state index contributed by atoms with van der Waals surface area (Å²) in [7, 11) is 0. The maximum atomic E-state index is 12.7. The quantitative estimate of drug-likeness (QED) is 0.730. The zero-order valence-electron chi connectivity index (χ0n) is 16.3. The van der Waals surface area contributed by atoms with Crippen molar-refractivity contribution >= 4 is 11.8 Å². The summed E-state index contributed by atoms with van der Waals surface area (Å²) >= 11 is 0. The fraction of sp³-hybridized carbons (Fsp3) is 0.579. The highest BCUT2D eigenvalue weighted by Gasteiger charge is 2.31. The summed E-state index contributed by atoms with van der Waals surface area (Å²) in [6.07, 6.45) is 3.95. The molecule has 1 aliphatic carbocycles. The molecule has 9 heteroatoms. The number of hydrogen-bond acceptors (Lipinski definition) is 5. The van der Waals surface area contributed by atoms with E-state index >= 15 is 0 Å². The number of morpholine rings is 1. The van der Waals surface area contributed by atoms with Crippen LogP contribution in [0.15, 0.2) is 12.3 Å². The third-order valence-corrected chi connectivity index (χ3v) is 5.45. The Kier molecular flexibility index (Phi) is 5.17.